The van der Waals surface area contributed by atoms with E-state index in [4.69, 9.17) is 0 Å². The molecule has 0 aliphatic heterocycles. The number of carbonyl (C=O) groups excluding carboxylic acids is 1. The first-order valence-corrected chi connectivity index (χ1v) is 7.84. The van der Waals surface area contributed by atoms with E-state index in [0.717, 1.165) is 29.7 Å². The summed E-state index contributed by atoms with van der Waals surface area (Å²) in [7, 11) is 0. The van der Waals surface area contributed by atoms with Crippen molar-refractivity contribution in [3.05, 3.63) is 51.5 Å². The van der Waals surface area contributed by atoms with Gasteiger partial charge < -0.3 is 5.32 Å². The number of aromatic nitrogens is 1. The summed E-state index contributed by atoms with van der Waals surface area (Å²) in [6, 6.07) is 5.75. The molecule has 20 heavy (non-hydrogen) atoms. The van der Waals surface area contributed by atoms with Crippen molar-refractivity contribution in [1.82, 2.24) is 10.3 Å². The largest absolute Gasteiger partial charge is 0.344 e. The van der Waals surface area contributed by atoms with Crippen LogP contribution in [0.1, 0.15) is 52.8 Å². The molecule has 1 amide bonds. The van der Waals surface area contributed by atoms with Crippen molar-refractivity contribution in [3.63, 3.8) is 0 Å². The van der Waals surface area contributed by atoms with Crippen molar-refractivity contribution in [2.45, 2.75) is 39.7 Å². The number of carbonyl (C=O) groups is 1. The third kappa shape index (κ3) is 3.07. The summed E-state index contributed by atoms with van der Waals surface area (Å²) in [5.74, 6) is 0.00343. The minimum absolute atomic E-state index is 0.00343. The Morgan fingerprint density at radius 3 is 2.80 bits per heavy atom. The molecule has 1 unspecified atom stereocenters. The Labute approximate surface area is 124 Å². The Balaban J connectivity index is 2.17. The zero-order valence-electron chi connectivity index (χ0n) is 12.1. The zero-order chi connectivity index (χ0) is 14.5. The summed E-state index contributed by atoms with van der Waals surface area (Å²) in [6.45, 7) is 6.21. The fourth-order valence-corrected chi connectivity index (χ4v) is 3.25. The summed E-state index contributed by atoms with van der Waals surface area (Å²) in [6.07, 6.45) is 3.47. The number of rotatable bonds is 5. The number of nitrogens with one attached hydrogen (secondary N) is 1. The van der Waals surface area contributed by atoms with Gasteiger partial charge in [0.1, 0.15) is 0 Å². The van der Waals surface area contributed by atoms with Crippen LogP contribution in [0.3, 0.4) is 0 Å². The Morgan fingerprint density at radius 2 is 2.20 bits per heavy atom. The summed E-state index contributed by atoms with van der Waals surface area (Å²) >= 11 is 1.64. The molecule has 2 heterocycles. The first-order chi connectivity index (χ1) is 9.67. The molecule has 1 N–H and O–H groups in total. The summed E-state index contributed by atoms with van der Waals surface area (Å²) in [4.78, 5) is 18.0. The van der Waals surface area contributed by atoms with Gasteiger partial charge in [-0.25, -0.2) is 0 Å². The van der Waals surface area contributed by atoms with Gasteiger partial charge in [-0.3, -0.25) is 9.78 Å². The lowest BCUT2D eigenvalue weighted by atomic mass is 10.1. The van der Waals surface area contributed by atoms with Gasteiger partial charge in [0.05, 0.1) is 17.3 Å². The molecular formula is C16H20N2OS. The molecule has 0 radical (unpaired) electrons. The van der Waals surface area contributed by atoms with Crippen LogP contribution in [0.5, 0.6) is 0 Å². The second kappa shape index (κ2) is 6.66. The standard InChI is InChI=1S/C16H20N2OS/c1-4-12-11(3)20-10-13(12)16(19)18-14(5-2)15-8-6-7-9-17-15/h6-10,14H,4-5H2,1-3H3,(H,18,19). The zero-order valence-corrected chi connectivity index (χ0v) is 13.0. The summed E-state index contributed by atoms with van der Waals surface area (Å²) < 4.78 is 0. The van der Waals surface area contributed by atoms with E-state index in [-0.39, 0.29) is 11.9 Å². The van der Waals surface area contributed by atoms with Crippen molar-refractivity contribution in [3.8, 4) is 0 Å². The maximum Gasteiger partial charge on any atom is 0.252 e. The van der Waals surface area contributed by atoms with E-state index in [1.165, 1.54) is 4.88 Å². The van der Waals surface area contributed by atoms with Crippen LogP contribution in [-0.2, 0) is 6.42 Å². The van der Waals surface area contributed by atoms with Crippen LogP contribution in [0.15, 0.2) is 29.8 Å². The maximum absolute atomic E-state index is 12.4. The normalized spacial score (nSPS) is 12.2. The molecule has 2 aromatic heterocycles. The van der Waals surface area contributed by atoms with Crippen LogP contribution in [-0.4, -0.2) is 10.9 Å². The Bertz CT molecular complexity index is 577. The first kappa shape index (κ1) is 14.7. The molecule has 2 rings (SSSR count). The number of amides is 1. The fourth-order valence-electron chi connectivity index (χ4n) is 2.31. The Kier molecular flexibility index (Phi) is 4.90. The number of aryl methyl sites for hydroxylation is 1. The SMILES string of the molecule is CCc1c(C(=O)NC(CC)c2ccccn2)csc1C. The van der Waals surface area contributed by atoms with E-state index in [0.29, 0.717) is 0 Å². The highest BCUT2D eigenvalue weighted by Crippen LogP contribution is 2.23. The van der Waals surface area contributed by atoms with Crippen molar-refractivity contribution < 1.29 is 4.79 Å². The molecule has 0 fully saturated rings. The lowest BCUT2D eigenvalue weighted by Gasteiger charge is -2.16. The van der Waals surface area contributed by atoms with Crippen molar-refractivity contribution in [1.29, 1.82) is 0 Å². The second-order valence-corrected chi connectivity index (χ2v) is 5.81. The molecule has 0 aliphatic carbocycles. The third-order valence-corrected chi connectivity index (χ3v) is 4.41. The third-order valence-electron chi connectivity index (χ3n) is 3.46. The van der Waals surface area contributed by atoms with Crippen LogP contribution in [0, 0.1) is 6.92 Å². The van der Waals surface area contributed by atoms with Gasteiger partial charge in [0.2, 0.25) is 0 Å². The van der Waals surface area contributed by atoms with Gasteiger partial charge in [0, 0.05) is 16.5 Å². The second-order valence-electron chi connectivity index (χ2n) is 4.73. The number of thiophene rings is 1. The lowest BCUT2D eigenvalue weighted by molar-refractivity contribution is 0.0934. The van der Waals surface area contributed by atoms with Crippen molar-refractivity contribution in [2.24, 2.45) is 0 Å². The van der Waals surface area contributed by atoms with Gasteiger partial charge >= 0.3 is 0 Å². The van der Waals surface area contributed by atoms with Gasteiger partial charge in [-0.2, -0.15) is 0 Å². The molecule has 4 heteroatoms. The average molecular weight is 288 g/mol. The van der Waals surface area contributed by atoms with E-state index in [1.54, 1.807) is 17.5 Å². The molecule has 0 aromatic carbocycles. The molecule has 3 nitrogen and oxygen atoms in total. The quantitative estimate of drug-likeness (QED) is 0.906. The molecule has 0 saturated carbocycles. The molecule has 0 aliphatic rings. The Morgan fingerprint density at radius 1 is 1.40 bits per heavy atom. The molecule has 0 spiro atoms. The van der Waals surface area contributed by atoms with Gasteiger partial charge in [0.15, 0.2) is 0 Å². The van der Waals surface area contributed by atoms with Gasteiger partial charge in [0.25, 0.3) is 5.91 Å². The highest BCUT2D eigenvalue weighted by Gasteiger charge is 2.18. The number of pyridine rings is 1. The van der Waals surface area contributed by atoms with Crippen molar-refractivity contribution in [2.75, 3.05) is 0 Å². The van der Waals surface area contributed by atoms with Crippen LogP contribution in [0.2, 0.25) is 0 Å². The molecule has 0 bridgehead atoms. The first-order valence-electron chi connectivity index (χ1n) is 6.96. The Hall–Kier alpha value is -1.68. The van der Waals surface area contributed by atoms with Crippen LogP contribution < -0.4 is 5.32 Å². The molecular weight excluding hydrogens is 268 g/mol. The number of nitrogens with zero attached hydrogens (tertiary/aromatic N) is 1. The van der Waals surface area contributed by atoms with Gasteiger partial charge in [-0.15, -0.1) is 11.3 Å². The number of hydrogen-bond acceptors (Lipinski definition) is 3. The topological polar surface area (TPSA) is 42.0 Å². The van der Waals surface area contributed by atoms with E-state index in [1.807, 2.05) is 23.6 Å². The predicted molar refractivity (Wildman–Crippen MR) is 83.2 cm³/mol. The van der Waals surface area contributed by atoms with Crippen LogP contribution >= 0.6 is 11.3 Å². The summed E-state index contributed by atoms with van der Waals surface area (Å²) in [5, 5.41) is 5.05. The van der Waals surface area contributed by atoms with Gasteiger partial charge in [-0.1, -0.05) is 19.9 Å². The monoisotopic (exact) mass is 288 g/mol. The molecule has 2 aromatic rings. The predicted octanol–water partition coefficient (Wildman–Crippen LogP) is 3.90. The maximum atomic E-state index is 12.4. The fraction of sp³-hybridized carbons (Fsp3) is 0.375. The van der Waals surface area contributed by atoms with Crippen molar-refractivity contribution >= 4 is 17.2 Å². The average Bonchev–Trinajstić information content (AvgIpc) is 2.86. The minimum atomic E-state index is -0.0337. The van der Waals surface area contributed by atoms with Gasteiger partial charge in [-0.05, 0) is 37.5 Å². The number of hydrogen-bond donors (Lipinski definition) is 1. The van der Waals surface area contributed by atoms with E-state index >= 15 is 0 Å². The molecule has 0 saturated heterocycles. The van der Waals surface area contributed by atoms with Crippen LogP contribution in [0.4, 0.5) is 0 Å². The lowest BCUT2D eigenvalue weighted by Crippen LogP contribution is -2.29. The highest BCUT2D eigenvalue weighted by atomic mass is 32.1. The highest BCUT2D eigenvalue weighted by molar-refractivity contribution is 7.10. The van der Waals surface area contributed by atoms with E-state index in [9.17, 15) is 4.79 Å². The molecule has 106 valence electrons. The molecule has 1 atom stereocenters. The minimum Gasteiger partial charge on any atom is -0.344 e. The summed E-state index contributed by atoms with van der Waals surface area (Å²) in [5.41, 5.74) is 2.88. The van der Waals surface area contributed by atoms with E-state index < -0.39 is 0 Å². The van der Waals surface area contributed by atoms with E-state index in [2.05, 4.69) is 31.1 Å². The van der Waals surface area contributed by atoms with Crippen LogP contribution in [0.25, 0.3) is 0 Å². The smallest absolute Gasteiger partial charge is 0.252 e.